The van der Waals surface area contributed by atoms with E-state index in [9.17, 15) is 9.59 Å². The van der Waals surface area contributed by atoms with E-state index in [1.165, 1.54) is 17.5 Å². The van der Waals surface area contributed by atoms with Gasteiger partial charge < -0.3 is 15.5 Å². The number of aryl methyl sites for hydroxylation is 1. The van der Waals surface area contributed by atoms with E-state index in [1.807, 2.05) is 35.2 Å². The monoisotopic (exact) mass is 377 g/mol. The summed E-state index contributed by atoms with van der Waals surface area (Å²) in [6.45, 7) is 1.64. The molecular weight excluding hydrogens is 350 g/mol. The van der Waals surface area contributed by atoms with Crippen LogP contribution < -0.4 is 10.6 Å². The summed E-state index contributed by atoms with van der Waals surface area (Å²) in [5.41, 5.74) is 3.79. The maximum Gasteiger partial charge on any atom is 0.319 e. The van der Waals surface area contributed by atoms with Crippen molar-refractivity contribution in [3.05, 3.63) is 65.2 Å². The molecule has 0 unspecified atom stereocenters. The maximum atomic E-state index is 12.7. The number of carbonyl (C=O) groups is 2. The number of fused-ring (bicyclic) bond motifs is 1. The number of rotatable bonds is 3. The summed E-state index contributed by atoms with van der Waals surface area (Å²) in [7, 11) is 0. The summed E-state index contributed by atoms with van der Waals surface area (Å²) in [5.74, 6) is 0.0463. The molecule has 0 saturated carbocycles. The zero-order valence-electron chi connectivity index (χ0n) is 16.1. The Bertz CT molecular complexity index is 858. The molecule has 0 bridgehead atoms. The molecule has 5 nitrogen and oxygen atoms in total. The lowest BCUT2D eigenvalue weighted by atomic mass is 9.88. The Hall–Kier alpha value is -2.82. The van der Waals surface area contributed by atoms with Crippen molar-refractivity contribution in [1.29, 1.82) is 0 Å². The minimum absolute atomic E-state index is 0.0307. The van der Waals surface area contributed by atoms with E-state index in [0.717, 1.165) is 45.2 Å². The lowest BCUT2D eigenvalue weighted by molar-refractivity contribution is 0.0724. The van der Waals surface area contributed by atoms with E-state index in [2.05, 4.69) is 22.8 Å². The Kier molecular flexibility index (Phi) is 5.60. The molecule has 146 valence electrons. The molecule has 1 fully saturated rings. The van der Waals surface area contributed by atoms with Crippen molar-refractivity contribution < 1.29 is 9.59 Å². The molecule has 2 aromatic carbocycles. The molecule has 1 atom stereocenters. The molecule has 2 aromatic rings. The molecule has 1 aliphatic carbocycles. The highest BCUT2D eigenvalue weighted by molar-refractivity contribution is 5.97. The van der Waals surface area contributed by atoms with Crippen molar-refractivity contribution in [2.45, 2.75) is 44.6 Å². The molecule has 4 rings (SSSR count). The van der Waals surface area contributed by atoms with Gasteiger partial charge in [-0.2, -0.15) is 0 Å². The Labute approximate surface area is 166 Å². The second-order valence-electron chi connectivity index (χ2n) is 7.68. The fraction of sp³-hybridized carbons (Fsp3) is 0.391. The van der Waals surface area contributed by atoms with E-state index in [-0.39, 0.29) is 18.0 Å². The molecule has 0 radical (unpaired) electrons. The highest BCUT2D eigenvalue weighted by Gasteiger charge is 2.22. The average Bonchev–Trinajstić information content (AvgIpc) is 2.74. The van der Waals surface area contributed by atoms with Gasteiger partial charge in [-0.3, -0.25) is 4.79 Å². The second kappa shape index (κ2) is 8.46. The average molecular weight is 377 g/mol. The van der Waals surface area contributed by atoms with Crippen molar-refractivity contribution in [1.82, 2.24) is 10.2 Å². The number of nitrogens with one attached hydrogen (secondary N) is 2. The largest absolute Gasteiger partial charge is 0.339 e. The number of carbonyl (C=O) groups excluding carboxylic acids is 2. The van der Waals surface area contributed by atoms with Crippen LogP contribution in [-0.2, 0) is 6.42 Å². The summed E-state index contributed by atoms with van der Waals surface area (Å²) < 4.78 is 0. The van der Waals surface area contributed by atoms with Crippen LogP contribution in [0, 0.1) is 0 Å². The first-order valence-corrected chi connectivity index (χ1v) is 10.3. The van der Waals surface area contributed by atoms with Gasteiger partial charge in [0.25, 0.3) is 5.91 Å². The first-order chi connectivity index (χ1) is 13.7. The molecule has 5 heteroatoms. The van der Waals surface area contributed by atoms with E-state index >= 15 is 0 Å². The Morgan fingerprint density at radius 1 is 0.929 bits per heavy atom. The van der Waals surface area contributed by atoms with Crippen LogP contribution in [0.25, 0.3) is 0 Å². The number of likely N-dealkylation sites (tertiary alicyclic amines) is 1. The van der Waals surface area contributed by atoms with E-state index in [4.69, 9.17) is 0 Å². The quantitative estimate of drug-likeness (QED) is 0.827. The number of amides is 3. The zero-order valence-corrected chi connectivity index (χ0v) is 16.1. The number of benzene rings is 2. The van der Waals surface area contributed by atoms with Gasteiger partial charge in [0.15, 0.2) is 0 Å². The van der Waals surface area contributed by atoms with Gasteiger partial charge in [0.2, 0.25) is 0 Å². The topological polar surface area (TPSA) is 61.4 Å². The molecule has 1 saturated heterocycles. The van der Waals surface area contributed by atoms with E-state index in [1.54, 1.807) is 6.07 Å². The van der Waals surface area contributed by atoms with Crippen LogP contribution >= 0.6 is 0 Å². The number of hydrogen-bond acceptors (Lipinski definition) is 2. The summed E-state index contributed by atoms with van der Waals surface area (Å²) >= 11 is 0. The third kappa shape index (κ3) is 4.19. The molecule has 2 N–H and O–H groups in total. The highest BCUT2D eigenvalue weighted by Crippen LogP contribution is 2.29. The van der Waals surface area contributed by atoms with Crippen LogP contribution in [-0.4, -0.2) is 29.9 Å². The van der Waals surface area contributed by atoms with Crippen molar-refractivity contribution in [3.8, 4) is 0 Å². The Morgan fingerprint density at radius 2 is 1.75 bits per heavy atom. The van der Waals surface area contributed by atoms with Crippen molar-refractivity contribution in [2.75, 3.05) is 18.4 Å². The van der Waals surface area contributed by atoms with Crippen LogP contribution in [0.4, 0.5) is 10.5 Å². The van der Waals surface area contributed by atoms with Gasteiger partial charge in [0.1, 0.15) is 0 Å². The van der Waals surface area contributed by atoms with Gasteiger partial charge >= 0.3 is 6.03 Å². The fourth-order valence-corrected chi connectivity index (χ4v) is 4.24. The standard InChI is InChI=1S/C23H27N3O2/c27-22(26-14-4-1-5-15-26)18-10-6-11-19(16-18)24-23(28)25-21-13-7-9-17-8-2-3-12-20(17)21/h2-3,6,8,10-12,16,21H,1,4-5,7,9,13-15H2,(H2,24,25,28)/t21-/m1/s1. The van der Waals surface area contributed by atoms with E-state index < -0.39 is 0 Å². The number of piperidine rings is 1. The number of anilines is 1. The third-order valence-electron chi connectivity index (χ3n) is 5.69. The molecule has 3 amide bonds. The number of hydrogen-bond donors (Lipinski definition) is 2. The number of urea groups is 1. The number of nitrogens with zero attached hydrogens (tertiary/aromatic N) is 1. The van der Waals surface area contributed by atoms with Gasteiger partial charge in [0, 0.05) is 24.3 Å². The predicted molar refractivity (Wildman–Crippen MR) is 110 cm³/mol. The lowest BCUT2D eigenvalue weighted by Gasteiger charge is -2.27. The van der Waals surface area contributed by atoms with Crippen molar-refractivity contribution in [2.24, 2.45) is 0 Å². The zero-order chi connectivity index (χ0) is 19.3. The van der Waals surface area contributed by atoms with Gasteiger partial charge in [-0.1, -0.05) is 30.3 Å². The van der Waals surface area contributed by atoms with Gasteiger partial charge in [0.05, 0.1) is 6.04 Å². The van der Waals surface area contributed by atoms with Crippen molar-refractivity contribution >= 4 is 17.6 Å². The normalized spacial score (nSPS) is 18.9. The summed E-state index contributed by atoms with van der Waals surface area (Å²) in [5, 5.41) is 5.99. The first-order valence-electron chi connectivity index (χ1n) is 10.3. The van der Waals surface area contributed by atoms with Gasteiger partial charge in [-0.25, -0.2) is 4.79 Å². The first kappa shape index (κ1) is 18.5. The fourth-order valence-electron chi connectivity index (χ4n) is 4.24. The molecule has 2 aliphatic rings. The smallest absolute Gasteiger partial charge is 0.319 e. The van der Waals surface area contributed by atoms with Crippen LogP contribution in [0.2, 0.25) is 0 Å². The highest BCUT2D eigenvalue weighted by atomic mass is 16.2. The summed E-state index contributed by atoms with van der Waals surface area (Å²) in [6.07, 6.45) is 6.40. The second-order valence-corrected chi connectivity index (χ2v) is 7.68. The summed E-state index contributed by atoms with van der Waals surface area (Å²) in [6, 6.07) is 15.3. The molecular formula is C23H27N3O2. The van der Waals surface area contributed by atoms with E-state index in [0.29, 0.717) is 11.3 Å². The van der Waals surface area contributed by atoms with Crippen LogP contribution in [0.15, 0.2) is 48.5 Å². The van der Waals surface area contributed by atoms with Crippen LogP contribution in [0.3, 0.4) is 0 Å². The minimum Gasteiger partial charge on any atom is -0.339 e. The Balaban J connectivity index is 1.41. The summed E-state index contributed by atoms with van der Waals surface area (Å²) in [4.78, 5) is 27.1. The third-order valence-corrected chi connectivity index (χ3v) is 5.69. The van der Waals surface area contributed by atoms with Gasteiger partial charge in [-0.05, 0) is 67.9 Å². The molecule has 1 aliphatic heterocycles. The Morgan fingerprint density at radius 3 is 2.61 bits per heavy atom. The maximum absolute atomic E-state index is 12.7. The molecule has 1 heterocycles. The SMILES string of the molecule is O=C(Nc1cccc(C(=O)N2CCCCC2)c1)N[C@@H]1CCCc2ccccc21. The predicted octanol–water partition coefficient (Wildman–Crippen LogP) is 4.51. The molecule has 0 aromatic heterocycles. The molecule has 0 spiro atoms. The van der Waals surface area contributed by atoms with Crippen molar-refractivity contribution in [3.63, 3.8) is 0 Å². The lowest BCUT2D eigenvalue weighted by Crippen LogP contribution is -2.36. The minimum atomic E-state index is -0.232. The van der Waals surface area contributed by atoms with Crippen LogP contribution in [0.5, 0.6) is 0 Å². The van der Waals surface area contributed by atoms with Gasteiger partial charge in [-0.15, -0.1) is 0 Å². The molecule has 28 heavy (non-hydrogen) atoms. The van der Waals surface area contributed by atoms with Crippen LogP contribution in [0.1, 0.15) is 59.6 Å².